The van der Waals surface area contributed by atoms with Gasteiger partial charge < -0.3 is 14.9 Å². The highest BCUT2D eigenvalue weighted by Gasteiger charge is 2.17. The van der Waals surface area contributed by atoms with E-state index in [1.54, 1.807) is 6.08 Å². The number of allylic oxidation sites excluding steroid dienone is 3. The Balaban J connectivity index is 3.47. The van der Waals surface area contributed by atoms with Crippen molar-refractivity contribution >= 4 is 11.9 Å². The number of aliphatic hydroxyl groups is 2. The van der Waals surface area contributed by atoms with Crippen LogP contribution in [0.4, 0.5) is 0 Å². The summed E-state index contributed by atoms with van der Waals surface area (Å²) < 4.78 is 4.31. The molecule has 0 aliphatic rings. The van der Waals surface area contributed by atoms with Gasteiger partial charge in [0, 0.05) is 6.08 Å². The minimum atomic E-state index is -1.68. The number of unbranched alkanes of at least 4 members (excludes halogenated alkanes) is 11. The van der Waals surface area contributed by atoms with Crippen LogP contribution in [0.1, 0.15) is 84.0 Å². The Morgan fingerprint density at radius 1 is 0.885 bits per heavy atom. The quantitative estimate of drug-likeness (QED) is 0.140. The molecule has 150 valence electrons. The zero-order valence-electron chi connectivity index (χ0n) is 16.2. The van der Waals surface area contributed by atoms with Crippen LogP contribution in [0.15, 0.2) is 24.3 Å². The predicted octanol–water partition coefficient (Wildman–Crippen LogP) is 4.22. The van der Waals surface area contributed by atoms with E-state index in [0.29, 0.717) is 0 Å². The molecule has 0 saturated carbocycles. The third-order valence-electron chi connectivity index (χ3n) is 4.10. The number of hydrogen-bond donors (Lipinski definition) is 2. The number of esters is 2. The Hall–Kier alpha value is -1.46. The Kier molecular flexibility index (Phi) is 17.3. The number of rotatable bonds is 16. The molecule has 5 nitrogen and oxygen atoms in total. The van der Waals surface area contributed by atoms with E-state index < -0.39 is 24.6 Å². The molecule has 0 aliphatic carbocycles. The fourth-order valence-corrected chi connectivity index (χ4v) is 2.51. The molecule has 5 heteroatoms. The van der Waals surface area contributed by atoms with Gasteiger partial charge in [-0.05, 0) is 12.8 Å². The minimum absolute atomic E-state index is 0.769. The summed E-state index contributed by atoms with van der Waals surface area (Å²) in [6.07, 6.45) is 20.1. The average molecular weight is 369 g/mol. The van der Waals surface area contributed by atoms with Gasteiger partial charge >= 0.3 is 11.9 Å². The molecule has 0 aromatic carbocycles. The first-order chi connectivity index (χ1) is 12.6. The zero-order valence-corrected chi connectivity index (χ0v) is 16.2. The van der Waals surface area contributed by atoms with Gasteiger partial charge in [-0.1, -0.05) is 89.4 Å². The Labute approximate surface area is 158 Å². The lowest BCUT2D eigenvalue weighted by Gasteiger charge is -2.03. The van der Waals surface area contributed by atoms with Crippen molar-refractivity contribution in [3.63, 3.8) is 0 Å². The molecule has 0 amide bonds. The molecule has 0 aliphatic heterocycles. The highest BCUT2D eigenvalue weighted by atomic mass is 16.6. The Morgan fingerprint density at radius 3 is 1.96 bits per heavy atom. The lowest BCUT2D eigenvalue weighted by atomic mass is 10.1. The minimum Gasteiger partial charge on any atom is -0.393 e. The summed E-state index contributed by atoms with van der Waals surface area (Å²) >= 11 is 0. The van der Waals surface area contributed by atoms with Gasteiger partial charge in [0.05, 0.1) is 6.61 Å². The van der Waals surface area contributed by atoms with Gasteiger partial charge in [-0.2, -0.15) is 0 Å². The first-order valence-corrected chi connectivity index (χ1v) is 9.99. The standard InChI is InChI=1S/C21H36O5/c1-2-3-4-5-6-7-8-9-10-11-12-13-14-15-16-17-20(24)26-21(25)19(23)18-22/h14-17,19,22-23H,2-13,18H2,1H3/b15-14+,17-16+. The smallest absolute Gasteiger partial charge is 0.345 e. The molecule has 0 rings (SSSR count). The third-order valence-corrected chi connectivity index (χ3v) is 4.10. The summed E-state index contributed by atoms with van der Waals surface area (Å²) in [5.74, 6) is -2.01. The molecule has 0 saturated heterocycles. The molecule has 1 unspecified atom stereocenters. The second kappa shape index (κ2) is 18.3. The zero-order chi connectivity index (χ0) is 19.5. The monoisotopic (exact) mass is 368 g/mol. The van der Waals surface area contributed by atoms with E-state index in [9.17, 15) is 9.59 Å². The molecular formula is C21H36O5. The summed E-state index contributed by atoms with van der Waals surface area (Å²) in [5.41, 5.74) is 0. The number of carbonyl (C=O) groups is 2. The van der Waals surface area contributed by atoms with Crippen molar-refractivity contribution in [3.05, 3.63) is 24.3 Å². The van der Waals surface area contributed by atoms with E-state index in [-0.39, 0.29) is 0 Å². The molecule has 2 N–H and O–H groups in total. The third kappa shape index (κ3) is 16.0. The number of ether oxygens (including phenoxy) is 1. The van der Waals surface area contributed by atoms with Gasteiger partial charge in [-0.15, -0.1) is 0 Å². The molecule has 0 fully saturated rings. The van der Waals surface area contributed by atoms with E-state index >= 15 is 0 Å². The highest BCUT2D eigenvalue weighted by Crippen LogP contribution is 2.12. The molecular weight excluding hydrogens is 332 g/mol. The molecule has 1 atom stereocenters. The van der Waals surface area contributed by atoms with Crippen molar-refractivity contribution in [1.82, 2.24) is 0 Å². The Morgan fingerprint density at radius 2 is 1.42 bits per heavy atom. The second-order valence-corrected chi connectivity index (χ2v) is 6.55. The lowest BCUT2D eigenvalue weighted by Crippen LogP contribution is -2.28. The molecule has 26 heavy (non-hydrogen) atoms. The van der Waals surface area contributed by atoms with E-state index in [4.69, 9.17) is 10.2 Å². The fourth-order valence-electron chi connectivity index (χ4n) is 2.51. The summed E-state index contributed by atoms with van der Waals surface area (Å²) in [4.78, 5) is 22.3. The van der Waals surface area contributed by atoms with Crippen LogP contribution in [0, 0.1) is 0 Å². The van der Waals surface area contributed by atoms with Gasteiger partial charge in [0.25, 0.3) is 0 Å². The predicted molar refractivity (Wildman–Crippen MR) is 104 cm³/mol. The molecule has 0 radical (unpaired) electrons. The number of aliphatic hydroxyl groups excluding tert-OH is 2. The fraction of sp³-hybridized carbons (Fsp3) is 0.714. The summed E-state index contributed by atoms with van der Waals surface area (Å²) in [6, 6.07) is 0. The Bertz CT molecular complexity index is 415. The molecule has 0 heterocycles. The van der Waals surface area contributed by atoms with Crippen LogP contribution >= 0.6 is 0 Å². The van der Waals surface area contributed by atoms with Crippen LogP contribution in [-0.4, -0.2) is 34.9 Å². The van der Waals surface area contributed by atoms with Crippen molar-refractivity contribution in [3.8, 4) is 0 Å². The van der Waals surface area contributed by atoms with Crippen LogP contribution in [0.5, 0.6) is 0 Å². The maximum atomic E-state index is 11.3. The van der Waals surface area contributed by atoms with Crippen molar-refractivity contribution in [2.75, 3.05) is 6.61 Å². The SMILES string of the molecule is CCCCCCCCCCCCC/C=C/C=C/C(=O)OC(=O)C(O)CO. The largest absolute Gasteiger partial charge is 0.393 e. The van der Waals surface area contributed by atoms with Crippen LogP contribution in [0.2, 0.25) is 0 Å². The van der Waals surface area contributed by atoms with E-state index in [1.165, 1.54) is 70.3 Å². The summed E-state index contributed by atoms with van der Waals surface area (Å²) in [6.45, 7) is 1.48. The van der Waals surface area contributed by atoms with Crippen LogP contribution in [0.25, 0.3) is 0 Å². The first kappa shape index (κ1) is 24.5. The van der Waals surface area contributed by atoms with Gasteiger partial charge in [0.1, 0.15) is 0 Å². The topological polar surface area (TPSA) is 83.8 Å². The van der Waals surface area contributed by atoms with Crippen LogP contribution in [-0.2, 0) is 14.3 Å². The normalized spacial score (nSPS) is 12.7. The maximum Gasteiger partial charge on any atom is 0.345 e. The molecule has 0 bridgehead atoms. The van der Waals surface area contributed by atoms with Crippen molar-refractivity contribution in [1.29, 1.82) is 0 Å². The van der Waals surface area contributed by atoms with Crippen molar-refractivity contribution in [2.24, 2.45) is 0 Å². The summed E-state index contributed by atoms with van der Waals surface area (Å²) in [5, 5.41) is 17.5. The second-order valence-electron chi connectivity index (χ2n) is 6.55. The summed E-state index contributed by atoms with van der Waals surface area (Å²) in [7, 11) is 0. The maximum absolute atomic E-state index is 11.3. The lowest BCUT2D eigenvalue weighted by molar-refractivity contribution is -0.164. The molecule has 0 aromatic heterocycles. The van der Waals surface area contributed by atoms with Crippen LogP contribution in [0.3, 0.4) is 0 Å². The van der Waals surface area contributed by atoms with Gasteiger partial charge in [0.2, 0.25) is 0 Å². The number of hydrogen-bond acceptors (Lipinski definition) is 5. The molecule has 0 spiro atoms. The molecule has 0 aromatic rings. The van der Waals surface area contributed by atoms with Gasteiger partial charge in [-0.25, -0.2) is 9.59 Å². The van der Waals surface area contributed by atoms with Crippen molar-refractivity contribution < 1.29 is 24.5 Å². The first-order valence-electron chi connectivity index (χ1n) is 9.99. The van der Waals surface area contributed by atoms with E-state index in [1.807, 2.05) is 6.08 Å². The van der Waals surface area contributed by atoms with E-state index in [2.05, 4.69) is 11.7 Å². The van der Waals surface area contributed by atoms with Crippen molar-refractivity contribution in [2.45, 2.75) is 90.1 Å². The van der Waals surface area contributed by atoms with Crippen LogP contribution < -0.4 is 0 Å². The number of carbonyl (C=O) groups excluding carboxylic acids is 2. The average Bonchev–Trinajstić information content (AvgIpc) is 2.64. The van der Waals surface area contributed by atoms with Gasteiger partial charge in [0.15, 0.2) is 6.10 Å². The highest BCUT2D eigenvalue weighted by molar-refractivity contribution is 5.93. The van der Waals surface area contributed by atoms with Gasteiger partial charge in [-0.3, -0.25) is 0 Å². The van der Waals surface area contributed by atoms with E-state index in [0.717, 1.165) is 18.9 Å².